The fourth-order valence-corrected chi connectivity index (χ4v) is 3.47. The van der Waals surface area contributed by atoms with Crippen LogP contribution in [0.5, 0.6) is 5.75 Å². The van der Waals surface area contributed by atoms with Gasteiger partial charge in [0.15, 0.2) is 0 Å². The molecule has 32 heavy (non-hydrogen) atoms. The fraction of sp³-hybridized carbons (Fsp3) is 0.148. The molecule has 5 heteroatoms. The van der Waals surface area contributed by atoms with Crippen LogP contribution in [-0.2, 0) is 11.4 Å². The summed E-state index contributed by atoms with van der Waals surface area (Å²) in [6.07, 6.45) is 7.43. The summed E-state index contributed by atoms with van der Waals surface area (Å²) in [5.41, 5.74) is 4.23. The van der Waals surface area contributed by atoms with E-state index in [2.05, 4.69) is 21.4 Å². The number of hydrogen-bond donors (Lipinski definition) is 1. The standard InChI is InChI=1S/C27H23N3O2/c31-27(30-22-9-10-22)25(17-19-13-15-28-16-14-19)20-6-11-24(12-7-20)32-18-23-8-5-21-3-1-2-4-26(21)29-23/h1-8,11-17,22H,9-10,18H2,(H,30,31). The Morgan fingerprint density at radius 3 is 2.53 bits per heavy atom. The maximum absolute atomic E-state index is 12.9. The number of nitrogens with zero attached hydrogens (tertiary/aromatic N) is 2. The number of amides is 1. The molecule has 0 spiro atoms. The van der Waals surface area contributed by atoms with Crippen molar-refractivity contribution in [1.29, 1.82) is 0 Å². The van der Waals surface area contributed by atoms with E-state index < -0.39 is 0 Å². The zero-order valence-corrected chi connectivity index (χ0v) is 17.6. The SMILES string of the molecule is O=C(NC1CC1)C(=Cc1ccncc1)c1ccc(OCc2ccc3ccccc3n2)cc1. The second-order valence-corrected chi connectivity index (χ2v) is 7.89. The predicted molar refractivity (Wildman–Crippen MR) is 126 cm³/mol. The quantitative estimate of drug-likeness (QED) is 0.425. The van der Waals surface area contributed by atoms with Crippen LogP contribution in [0, 0.1) is 0 Å². The Kier molecular flexibility index (Phi) is 5.62. The van der Waals surface area contributed by atoms with E-state index in [1.165, 1.54) is 0 Å². The van der Waals surface area contributed by atoms with Crippen LogP contribution in [-0.4, -0.2) is 21.9 Å². The van der Waals surface area contributed by atoms with E-state index in [9.17, 15) is 4.79 Å². The van der Waals surface area contributed by atoms with Gasteiger partial charge in [0.25, 0.3) is 5.91 Å². The molecule has 5 nitrogen and oxygen atoms in total. The highest BCUT2D eigenvalue weighted by Gasteiger charge is 2.25. The third kappa shape index (κ3) is 4.83. The molecule has 0 unspecified atom stereocenters. The highest BCUT2D eigenvalue weighted by atomic mass is 16.5. The summed E-state index contributed by atoms with van der Waals surface area (Å²) in [6, 6.07) is 23.7. The first-order valence-corrected chi connectivity index (χ1v) is 10.8. The molecule has 2 heterocycles. The largest absolute Gasteiger partial charge is 0.487 e. The van der Waals surface area contributed by atoms with Crippen LogP contribution < -0.4 is 10.1 Å². The maximum atomic E-state index is 12.9. The van der Waals surface area contributed by atoms with Gasteiger partial charge in [-0.3, -0.25) is 9.78 Å². The van der Waals surface area contributed by atoms with E-state index in [0.717, 1.165) is 46.3 Å². The van der Waals surface area contributed by atoms with E-state index in [1.807, 2.05) is 72.8 Å². The second kappa shape index (κ2) is 9.02. The van der Waals surface area contributed by atoms with Crippen LogP contribution in [0.4, 0.5) is 0 Å². The van der Waals surface area contributed by atoms with Crippen LogP contribution in [0.1, 0.15) is 29.7 Å². The van der Waals surface area contributed by atoms with E-state index in [0.29, 0.717) is 18.2 Å². The number of para-hydroxylation sites is 1. The molecule has 1 aliphatic rings. The van der Waals surface area contributed by atoms with Crippen LogP contribution in [0.15, 0.2) is 85.2 Å². The zero-order valence-electron chi connectivity index (χ0n) is 17.6. The Labute approximate surface area is 186 Å². The molecule has 1 N–H and O–H groups in total. The average Bonchev–Trinajstić information content (AvgIpc) is 3.66. The number of benzene rings is 2. The minimum atomic E-state index is -0.0571. The Balaban J connectivity index is 1.32. The topological polar surface area (TPSA) is 64.1 Å². The number of fused-ring (bicyclic) bond motifs is 1. The lowest BCUT2D eigenvalue weighted by Gasteiger charge is -2.11. The number of hydrogen-bond acceptors (Lipinski definition) is 4. The summed E-state index contributed by atoms with van der Waals surface area (Å²) < 4.78 is 5.94. The summed E-state index contributed by atoms with van der Waals surface area (Å²) in [4.78, 5) is 21.6. The van der Waals surface area contributed by atoms with E-state index in [-0.39, 0.29) is 5.91 Å². The second-order valence-electron chi connectivity index (χ2n) is 7.89. The Morgan fingerprint density at radius 1 is 0.969 bits per heavy atom. The van der Waals surface area contributed by atoms with Crippen molar-refractivity contribution >= 4 is 28.5 Å². The lowest BCUT2D eigenvalue weighted by Crippen LogP contribution is -2.26. The lowest BCUT2D eigenvalue weighted by molar-refractivity contribution is -0.115. The van der Waals surface area contributed by atoms with Gasteiger partial charge in [-0.25, -0.2) is 4.98 Å². The minimum Gasteiger partial charge on any atom is -0.487 e. The Morgan fingerprint density at radius 2 is 1.75 bits per heavy atom. The fourth-order valence-electron chi connectivity index (χ4n) is 3.47. The highest BCUT2D eigenvalue weighted by molar-refractivity contribution is 6.24. The molecule has 2 aromatic carbocycles. The molecule has 1 amide bonds. The van der Waals surface area contributed by atoms with Gasteiger partial charge in [-0.1, -0.05) is 36.4 Å². The zero-order chi connectivity index (χ0) is 21.8. The first kappa shape index (κ1) is 19.9. The van der Waals surface area contributed by atoms with Crippen LogP contribution in [0.3, 0.4) is 0 Å². The van der Waals surface area contributed by atoms with Crippen molar-refractivity contribution in [2.75, 3.05) is 0 Å². The predicted octanol–water partition coefficient (Wildman–Crippen LogP) is 5.03. The van der Waals surface area contributed by atoms with Gasteiger partial charge in [-0.2, -0.15) is 0 Å². The summed E-state index contributed by atoms with van der Waals surface area (Å²) >= 11 is 0. The number of carbonyl (C=O) groups excluding carboxylic acids is 1. The summed E-state index contributed by atoms with van der Waals surface area (Å²) in [5, 5.41) is 4.20. The third-order valence-electron chi connectivity index (χ3n) is 5.38. The Hall–Kier alpha value is -3.99. The molecule has 4 aromatic rings. The summed E-state index contributed by atoms with van der Waals surface area (Å²) in [5.74, 6) is 0.674. The molecule has 0 bridgehead atoms. The molecular weight excluding hydrogens is 398 g/mol. The first-order chi connectivity index (χ1) is 15.7. The van der Waals surface area contributed by atoms with Crippen molar-refractivity contribution in [2.45, 2.75) is 25.5 Å². The normalized spacial score (nSPS) is 13.7. The number of nitrogens with one attached hydrogen (secondary N) is 1. The van der Waals surface area contributed by atoms with Crippen molar-refractivity contribution in [3.63, 3.8) is 0 Å². The van der Waals surface area contributed by atoms with Gasteiger partial charge in [0.05, 0.1) is 11.2 Å². The average molecular weight is 422 g/mol. The lowest BCUT2D eigenvalue weighted by atomic mass is 10.0. The number of rotatable bonds is 7. The van der Waals surface area contributed by atoms with Crippen molar-refractivity contribution in [1.82, 2.24) is 15.3 Å². The van der Waals surface area contributed by atoms with Gasteiger partial charge in [-0.05, 0) is 66.4 Å². The molecule has 2 aromatic heterocycles. The van der Waals surface area contributed by atoms with Gasteiger partial charge < -0.3 is 10.1 Å². The molecule has 1 fully saturated rings. The highest BCUT2D eigenvalue weighted by Crippen LogP contribution is 2.25. The molecule has 158 valence electrons. The first-order valence-electron chi connectivity index (χ1n) is 10.8. The molecule has 1 aliphatic carbocycles. The van der Waals surface area contributed by atoms with Crippen molar-refractivity contribution in [2.24, 2.45) is 0 Å². The van der Waals surface area contributed by atoms with Crippen molar-refractivity contribution in [3.05, 3.63) is 102 Å². The van der Waals surface area contributed by atoms with Crippen LogP contribution in [0.25, 0.3) is 22.6 Å². The van der Waals surface area contributed by atoms with Gasteiger partial charge >= 0.3 is 0 Å². The smallest absolute Gasteiger partial charge is 0.252 e. The summed E-state index contributed by atoms with van der Waals surface area (Å²) in [6.45, 7) is 0.381. The number of aromatic nitrogens is 2. The number of carbonyl (C=O) groups is 1. The molecular formula is C27H23N3O2. The van der Waals surface area contributed by atoms with Gasteiger partial charge in [0, 0.05) is 29.4 Å². The van der Waals surface area contributed by atoms with Gasteiger partial charge in [0.1, 0.15) is 12.4 Å². The summed E-state index contributed by atoms with van der Waals surface area (Å²) in [7, 11) is 0. The molecule has 0 aliphatic heterocycles. The number of ether oxygens (including phenoxy) is 1. The molecule has 5 rings (SSSR count). The van der Waals surface area contributed by atoms with Crippen LogP contribution in [0.2, 0.25) is 0 Å². The van der Waals surface area contributed by atoms with E-state index in [1.54, 1.807) is 12.4 Å². The molecule has 0 saturated heterocycles. The molecule has 0 radical (unpaired) electrons. The number of pyridine rings is 2. The maximum Gasteiger partial charge on any atom is 0.252 e. The monoisotopic (exact) mass is 421 g/mol. The minimum absolute atomic E-state index is 0.0571. The van der Waals surface area contributed by atoms with Crippen molar-refractivity contribution < 1.29 is 9.53 Å². The Bertz CT molecular complexity index is 1260. The van der Waals surface area contributed by atoms with E-state index in [4.69, 9.17) is 4.74 Å². The molecule has 1 saturated carbocycles. The van der Waals surface area contributed by atoms with Gasteiger partial charge in [-0.15, -0.1) is 0 Å². The van der Waals surface area contributed by atoms with E-state index >= 15 is 0 Å². The third-order valence-corrected chi connectivity index (χ3v) is 5.38. The van der Waals surface area contributed by atoms with Gasteiger partial charge in [0.2, 0.25) is 0 Å². The van der Waals surface area contributed by atoms with Crippen LogP contribution >= 0.6 is 0 Å². The van der Waals surface area contributed by atoms with Crippen molar-refractivity contribution in [3.8, 4) is 5.75 Å². The molecule has 0 atom stereocenters.